The fourth-order valence-electron chi connectivity index (χ4n) is 4.78. The van der Waals surface area contributed by atoms with Gasteiger partial charge in [0.15, 0.2) is 16.6 Å². The highest BCUT2D eigenvalue weighted by molar-refractivity contribution is 5.94. The van der Waals surface area contributed by atoms with E-state index >= 15 is 0 Å². The molecule has 0 spiro atoms. The third kappa shape index (κ3) is 2.95. The number of benzene rings is 3. The van der Waals surface area contributed by atoms with E-state index in [-0.39, 0.29) is 33.6 Å². The third-order valence-corrected chi connectivity index (χ3v) is 6.27. The predicted octanol–water partition coefficient (Wildman–Crippen LogP) is 6.46. The predicted molar refractivity (Wildman–Crippen MR) is 128 cm³/mol. The molecule has 0 bridgehead atoms. The first-order valence-corrected chi connectivity index (χ1v) is 10.7. The molecule has 8 heteroatoms. The Labute approximate surface area is 207 Å². The molecule has 0 N–H and O–H groups in total. The average Bonchev–Trinajstić information content (AvgIpc) is 3.53. The summed E-state index contributed by atoms with van der Waals surface area (Å²) < 4.78 is 101. The van der Waals surface area contributed by atoms with Gasteiger partial charge in [-0.1, -0.05) is 36.4 Å². The Morgan fingerprint density at radius 3 is 2.40 bits per heavy atom. The molecule has 0 atom stereocenters. The van der Waals surface area contributed by atoms with Crippen molar-refractivity contribution < 1.29 is 30.4 Å². The highest BCUT2D eigenvalue weighted by Crippen LogP contribution is 2.39. The summed E-state index contributed by atoms with van der Waals surface area (Å²) in [6.45, 7) is -3.63. The molecule has 35 heavy (non-hydrogen) atoms. The van der Waals surface area contributed by atoms with E-state index in [1.54, 1.807) is 53.4 Å². The molecular weight excluding hydrogens is 453 g/mol. The van der Waals surface area contributed by atoms with Crippen LogP contribution in [0.25, 0.3) is 44.9 Å². The van der Waals surface area contributed by atoms with Gasteiger partial charge in [-0.3, -0.25) is 4.40 Å². The van der Waals surface area contributed by atoms with Gasteiger partial charge in [-0.2, -0.15) is 17.7 Å². The normalized spacial score (nSPS) is 15.7. The van der Waals surface area contributed by atoms with Gasteiger partial charge in [0, 0.05) is 8.22 Å². The number of fused-ring (bicyclic) bond motifs is 4. The Hall–Kier alpha value is -4.07. The largest absolute Gasteiger partial charge is 0.450 e. The molecule has 0 aliphatic carbocycles. The van der Waals surface area contributed by atoms with E-state index < -0.39 is 25.7 Å². The van der Waals surface area contributed by atoms with Crippen molar-refractivity contribution in [1.82, 2.24) is 14.0 Å². The molecule has 6 rings (SSSR count). The van der Waals surface area contributed by atoms with Gasteiger partial charge in [0.2, 0.25) is 11.5 Å². The second-order valence-electron chi connectivity index (χ2n) is 8.37. The minimum Gasteiger partial charge on any atom is -0.436 e. The van der Waals surface area contributed by atoms with Crippen LogP contribution in [0.4, 0.5) is 13.2 Å². The molecule has 3 aromatic heterocycles. The van der Waals surface area contributed by atoms with E-state index in [1.807, 2.05) is 0 Å². The smallest absolute Gasteiger partial charge is 0.436 e. The van der Waals surface area contributed by atoms with Crippen LogP contribution in [0.5, 0.6) is 0 Å². The van der Waals surface area contributed by atoms with Crippen molar-refractivity contribution in [1.29, 1.82) is 0 Å². The lowest BCUT2D eigenvalue weighted by atomic mass is 10.0. The summed E-state index contributed by atoms with van der Waals surface area (Å²) in [5, 5.41) is 0. The highest BCUT2D eigenvalue weighted by Gasteiger charge is 2.38. The lowest BCUT2D eigenvalue weighted by Crippen LogP contribution is -2.30. The zero-order chi connectivity index (χ0) is 29.6. The monoisotopic (exact) mass is 481 g/mol. The van der Waals surface area contributed by atoms with Gasteiger partial charge in [-0.25, -0.2) is 9.55 Å². The summed E-state index contributed by atoms with van der Waals surface area (Å²) in [6.07, 6.45) is -3.75. The summed E-state index contributed by atoms with van der Waals surface area (Å²) in [5.74, 6) is -0.821. The van der Waals surface area contributed by atoms with Gasteiger partial charge in [-0.15, -0.1) is 0 Å². The molecule has 3 aromatic carbocycles. The maximum Gasteiger partial charge on any atom is 0.450 e. The number of nitrogens with zero attached hydrogens (tertiary/aromatic N) is 4. The summed E-state index contributed by atoms with van der Waals surface area (Å²) >= 11 is 0. The zero-order valence-corrected chi connectivity index (χ0v) is 18.6. The van der Waals surface area contributed by atoms with Crippen molar-refractivity contribution in [2.24, 2.45) is 7.05 Å². The molecule has 6 aromatic rings. The van der Waals surface area contributed by atoms with Crippen LogP contribution in [0.2, 0.25) is 0 Å². The first-order chi connectivity index (χ1) is 19.1. The maximum atomic E-state index is 13.8. The number of aryl methyl sites for hydroxylation is 4. The summed E-state index contributed by atoms with van der Waals surface area (Å²) in [6, 6.07) is 14.3. The van der Waals surface area contributed by atoms with Crippen molar-refractivity contribution in [3.05, 3.63) is 83.3 Å². The zero-order valence-electron chi connectivity index (χ0n) is 24.6. The fourth-order valence-corrected chi connectivity index (χ4v) is 4.78. The number of para-hydroxylation sites is 3. The SMILES string of the molecule is [2H]C([2H])([2H])c1cccc(C([2H])([2H])[2H])c1-n1c(-c2c(C)ccc3c2oc2cnc(C(F)(F)F)n23)[n+](C)c2ccccc21. The van der Waals surface area contributed by atoms with Crippen LogP contribution in [0.1, 0.15) is 30.7 Å². The van der Waals surface area contributed by atoms with E-state index in [2.05, 4.69) is 4.98 Å². The molecule has 0 fully saturated rings. The van der Waals surface area contributed by atoms with Crippen LogP contribution in [0, 0.1) is 20.6 Å². The molecule has 0 saturated carbocycles. The lowest BCUT2D eigenvalue weighted by molar-refractivity contribution is -0.633. The molecule has 0 aliphatic heterocycles. The number of hydrogen-bond acceptors (Lipinski definition) is 2. The molecule has 0 aliphatic rings. The van der Waals surface area contributed by atoms with Crippen LogP contribution in [-0.2, 0) is 13.2 Å². The summed E-state index contributed by atoms with van der Waals surface area (Å²) in [4.78, 5) is 3.51. The van der Waals surface area contributed by atoms with Crippen LogP contribution >= 0.6 is 0 Å². The number of oxazole rings is 1. The second kappa shape index (κ2) is 7.21. The number of hydrogen-bond donors (Lipinski definition) is 0. The molecule has 0 saturated heterocycles. The van der Waals surface area contributed by atoms with Crippen molar-refractivity contribution >= 4 is 27.8 Å². The van der Waals surface area contributed by atoms with E-state index in [4.69, 9.17) is 12.6 Å². The highest BCUT2D eigenvalue weighted by atomic mass is 19.4. The van der Waals surface area contributed by atoms with Gasteiger partial charge in [0.25, 0.3) is 5.82 Å². The van der Waals surface area contributed by atoms with Crippen LogP contribution in [0.15, 0.2) is 65.2 Å². The number of alkyl halides is 3. The van der Waals surface area contributed by atoms with Crippen LogP contribution in [0.3, 0.4) is 0 Å². The average molecular weight is 482 g/mol. The van der Waals surface area contributed by atoms with Gasteiger partial charge < -0.3 is 4.42 Å². The van der Waals surface area contributed by atoms with Gasteiger partial charge in [0.1, 0.15) is 11.3 Å². The Morgan fingerprint density at radius 2 is 1.69 bits per heavy atom. The van der Waals surface area contributed by atoms with Gasteiger partial charge in [-0.05, 0) is 55.5 Å². The maximum absolute atomic E-state index is 13.8. The molecule has 3 heterocycles. The lowest BCUT2D eigenvalue weighted by Gasteiger charge is -2.11. The van der Waals surface area contributed by atoms with Crippen molar-refractivity contribution in [3.63, 3.8) is 0 Å². The van der Waals surface area contributed by atoms with Crippen LogP contribution < -0.4 is 4.57 Å². The molecule has 0 radical (unpaired) electrons. The van der Waals surface area contributed by atoms with Gasteiger partial charge >= 0.3 is 6.18 Å². The first kappa shape index (κ1) is 15.8. The molecule has 5 nitrogen and oxygen atoms in total. The quantitative estimate of drug-likeness (QED) is 0.266. The van der Waals surface area contributed by atoms with Crippen LogP contribution in [-0.4, -0.2) is 14.0 Å². The van der Waals surface area contributed by atoms with Gasteiger partial charge in [0.05, 0.1) is 18.8 Å². The molecule has 176 valence electrons. The van der Waals surface area contributed by atoms with E-state index in [9.17, 15) is 13.2 Å². The van der Waals surface area contributed by atoms with Crippen molar-refractivity contribution in [2.45, 2.75) is 26.8 Å². The van der Waals surface area contributed by atoms with Crippen molar-refractivity contribution in [3.8, 4) is 17.1 Å². The number of aromatic nitrogens is 4. The number of rotatable bonds is 2. The van der Waals surface area contributed by atoms with E-state index in [0.717, 1.165) is 10.6 Å². The second-order valence-corrected chi connectivity index (χ2v) is 8.37. The fraction of sp³-hybridized carbons (Fsp3) is 0.185. The molecule has 0 unspecified atom stereocenters. The Kier molecular flexibility index (Phi) is 3.25. The van der Waals surface area contributed by atoms with E-state index in [1.165, 1.54) is 24.3 Å². The third-order valence-electron chi connectivity index (χ3n) is 6.27. The molecule has 0 amide bonds. The Balaban J connectivity index is 1.83. The first-order valence-electron chi connectivity index (χ1n) is 13.7. The number of halogens is 3. The summed E-state index contributed by atoms with van der Waals surface area (Å²) in [7, 11) is 1.72. The summed E-state index contributed by atoms with van der Waals surface area (Å²) in [5.41, 5.74) is 1.77. The topological polar surface area (TPSA) is 39.3 Å². The standard InChI is InChI=1S/C27H22F3N4O/c1-15-12-13-20-24(35-21-14-31-26(33(20)21)27(28,29)30)22(15)25-32(4)18-10-5-6-11-19(18)34(25)23-16(2)8-7-9-17(23)3/h5-14H,1-4H3/q+1/i2D3,3D3. The minimum absolute atomic E-state index is 0.0495. The van der Waals surface area contributed by atoms with Crippen molar-refractivity contribution in [2.75, 3.05) is 0 Å². The van der Waals surface area contributed by atoms with E-state index in [0.29, 0.717) is 28.0 Å². The Morgan fingerprint density at radius 1 is 0.943 bits per heavy atom. The Bertz CT molecular complexity index is 1960. The molecular formula is C27H22F3N4O+. The minimum atomic E-state index is -4.75. The number of imidazole rings is 2.